The number of carbonyl (C=O) groups is 1. The number of anilines is 1. The summed E-state index contributed by atoms with van der Waals surface area (Å²) in [5, 5.41) is 14.0. The van der Waals surface area contributed by atoms with E-state index < -0.39 is 10.8 Å². The van der Waals surface area contributed by atoms with Gasteiger partial charge in [0.2, 0.25) is 5.91 Å². The standard InChI is InChI=1S/C15H15N3O3/c1-10-5-6-13(14(7-10)18(20)21)17-9-11-3-2-4-12(8-11)15(16)19/h2-8,17H,9H2,1H3,(H2,16,19). The van der Waals surface area contributed by atoms with Gasteiger partial charge in [0.05, 0.1) is 4.92 Å². The summed E-state index contributed by atoms with van der Waals surface area (Å²) in [6, 6.07) is 11.8. The summed E-state index contributed by atoms with van der Waals surface area (Å²) < 4.78 is 0. The van der Waals surface area contributed by atoms with Crippen LogP contribution in [0.5, 0.6) is 0 Å². The summed E-state index contributed by atoms with van der Waals surface area (Å²) in [6.07, 6.45) is 0. The van der Waals surface area contributed by atoms with E-state index in [1.54, 1.807) is 37.3 Å². The largest absolute Gasteiger partial charge is 0.375 e. The molecule has 0 spiro atoms. The number of hydrogen-bond donors (Lipinski definition) is 2. The van der Waals surface area contributed by atoms with E-state index in [9.17, 15) is 14.9 Å². The van der Waals surface area contributed by atoms with Crippen LogP contribution in [0.2, 0.25) is 0 Å². The van der Waals surface area contributed by atoms with Crippen molar-refractivity contribution >= 4 is 17.3 Å². The van der Waals surface area contributed by atoms with Gasteiger partial charge in [0.1, 0.15) is 5.69 Å². The summed E-state index contributed by atoms with van der Waals surface area (Å²) in [6.45, 7) is 2.16. The summed E-state index contributed by atoms with van der Waals surface area (Å²) in [5.74, 6) is -0.502. The van der Waals surface area contributed by atoms with Crippen LogP contribution < -0.4 is 11.1 Å². The smallest absolute Gasteiger partial charge is 0.292 e. The average molecular weight is 285 g/mol. The van der Waals surface area contributed by atoms with Crippen molar-refractivity contribution in [3.8, 4) is 0 Å². The molecule has 1 amide bonds. The van der Waals surface area contributed by atoms with Gasteiger partial charge in [-0.3, -0.25) is 14.9 Å². The number of primary amides is 1. The van der Waals surface area contributed by atoms with Gasteiger partial charge < -0.3 is 11.1 Å². The lowest BCUT2D eigenvalue weighted by atomic mass is 10.1. The molecule has 0 atom stereocenters. The molecule has 2 rings (SSSR count). The fraction of sp³-hybridized carbons (Fsp3) is 0.133. The monoisotopic (exact) mass is 285 g/mol. The van der Waals surface area contributed by atoms with Gasteiger partial charge in [-0.25, -0.2) is 0 Å². The minimum Gasteiger partial charge on any atom is -0.375 e. The molecule has 0 heterocycles. The number of benzene rings is 2. The number of rotatable bonds is 5. The molecule has 0 unspecified atom stereocenters. The van der Waals surface area contributed by atoms with E-state index in [4.69, 9.17) is 5.73 Å². The molecule has 0 radical (unpaired) electrons. The molecule has 0 bridgehead atoms. The summed E-state index contributed by atoms with van der Waals surface area (Å²) in [7, 11) is 0. The molecule has 21 heavy (non-hydrogen) atoms. The van der Waals surface area contributed by atoms with Crippen LogP contribution in [0.3, 0.4) is 0 Å². The number of nitro benzene ring substituents is 1. The second kappa shape index (κ2) is 6.04. The van der Waals surface area contributed by atoms with Crippen LogP contribution in [0, 0.1) is 17.0 Å². The molecule has 2 aromatic rings. The highest BCUT2D eigenvalue weighted by Gasteiger charge is 2.13. The van der Waals surface area contributed by atoms with E-state index in [0.717, 1.165) is 11.1 Å². The number of nitrogens with one attached hydrogen (secondary N) is 1. The Morgan fingerprint density at radius 3 is 2.71 bits per heavy atom. The van der Waals surface area contributed by atoms with Crippen LogP contribution in [0.15, 0.2) is 42.5 Å². The molecule has 6 heteroatoms. The molecule has 0 saturated heterocycles. The van der Waals surface area contributed by atoms with Crippen LogP contribution in [0.1, 0.15) is 21.5 Å². The van der Waals surface area contributed by atoms with Gasteiger partial charge >= 0.3 is 0 Å². The molecule has 0 aliphatic rings. The van der Waals surface area contributed by atoms with E-state index in [1.165, 1.54) is 6.07 Å². The van der Waals surface area contributed by atoms with Crippen molar-refractivity contribution in [2.24, 2.45) is 5.73 Å². The topological polar surface area (TPSA) is 98.3 Å². The highest BCUT2D eigenvalue weighted by Crippen LogP contribution is 2.25. The van der Waals surface area contributed by atoms with Crippen LogP contribution in [-0.2, 0) is 6.54 Å². The molecule has 6 nitrogen and oxygen atoms in total. The zero-order valence-electron chi connectivity index (χ0n) is 11.5. The molecule has 0 aromatic heterocycles. The van der Waals surface area contributed by atoms with Crippen molar-refractivity contribution in [1.29, 1.82) is 0 Å². The van der Waals surface area contributed by atoms with Crippen molar-refractivity contribution in [2.75, 3.05) is 5.32 Å². The van der Waals surface area contributed by atoms with Gasteiger partial charge in [0.15, 0.2) is 0 Å². The van der Waals surface area contributed by atoms with E-state index >= 15 is 0 Å². The first-order chi connectivity index (χ1) is 9.97. The Labute approximate surface area is 121 Å². The quantitative estimate of drug-likeness (QED) is 0.651. The van der Waals surface area contributed by atoms with Crippen molar-refractivity contribution in [3.63, 3.8) is 0 Å². The first kappa shape index (κ1) is 14.5. The predicted molar refractivity (Wildman–Crippen MR) is 80.1 cm³/mol. The highest BCUT2D eigenvalue weighted by atomic mass is 16.6. The maximum Gasteiger partial charge on any atom is 0.292 e. The van der Waals surface area contributed by atoms with Gasteiger partial charge in [0, 0.05) is 18.2 Å². The number of aryl methyl sites for hydroxylation is 1. The Balaban J connectivity index is 2.18. The second-order valence-electron chi connectivity index (χ2n) is 4.70. The molecule has 0 fully saturated rings. The molecule has 0 aliphatic carbocycles. The predicted octanol–water partition coefficient (Wildman–Crippen LogP) is 2.61. The molecule has 0 saturated carbocycles. The normalized spacial score (nSPS) is 10.1. The average Bonchev–Trinajstić information content (AvgIpc) is 2.46. The van der Waals surface area contributed by atoms with Crippen molar-refractivity contribution in [3.05, 3.63) is 69.3 Å². The van der Waals surface area contributed by atoms with Gasteiger partial charge in [-0.05, 0) is 36.2 Å². The molecule has 2 aromatic carbocycles. The Hall–Kier alpha value is -2.89. The first-order valence-electron chi connectivity index (χ1n) is 6.35. The Kier molecular flexibility index (Phi) is 4.18. The number of nitrogens with zero attached hydrogens (tertiary/aromatic N) is 1. The Morgan fingerprint density at radius 1 is 1.29 bits per heavy atom. The molecule has 108 valence electrons. The molecular weight excluding hydrogens is 270 g/mol. The van der Waals surface area contributed by atoms with E-state index in [0.29, 0.717) is 17.8 Å². The van der Waals surface area contributed by atoms with Crippen LogP contribution in [0.25, 0.3) is 0 Å². The van der Waals surface area contributed by atoms with Crippen LogP contribution in [0.4, 0.5) is 11.4 Å². The SMILES string of the molecule is Cc1ccc(NCc2cccc(C(N)=O)c2)c([N+](=O)[O-])c1. The summed E-state index contributed by atoms with van der Waals surface area (Å²) in [5.41, 5.74) is 7.74. The van der Waals surface area contributed by atoms with Crippen LogP contribution >= 0.6 is 0 Å². The van der Waals surface area contributed by atoms with Crippen molar-refractivity contribution < 1.29 is 9.72 Å². The minimum atomic E-state index is -0.502. The van der Waals surface area contributed by atoms with Gasteiger partial charge in [-0.1, -0.05) is 18.2 Å². The molecule has 3 N–H and O–H groups in total. The Morgan fingerprint density at radius 2 is 2.05 bits per heavy atom. The molecule has 0 aliphatic heterocycles. The Bertz CT molecular complexity index is 698. The zero-order chi connectivity index (χ0) is 15.4. The first-order valence-corrected chi connectivity index (χ1v) is 6.35. The lowest BCUT2D eigenvalue weighted by Gasteiger charge is -2.08. The maximum atomic E-state index is 11.1. The van der Waals surface area contributed by atoms with Crippen molar-refractivity contribution in [2.45, 2.75) is 13.5 Å². The summed E-state index contributed by atoms with van der Waals surface area (Å²) >= 11 is 0. The van der Waals surface area contributed by atoms with Gasteiger partial charge in [-0.15, -0.1) is 0 Å². The maximum absolute atomic E-state index is 11.1. The highest BCUT2D eigenvalue weighted by molar-refractivity contribution is 5.92. The number of nitro groups is 1. The lowest BCUT2D eigenvalue weighted by Crippen LogP contribution is -2.11. The number of nitrogens with two attached hydrogens (primary N) is 1. The lowest BCUT2D eigenvalue weighted by molar-refractivity contribution is -0.384. The zero-order valence-corrected chi connectivity index (χ0v) is 11.5. The van der Waals surface area contributed by atoms with Crippen LogP contribution in [-0.4, -0.2) is 10.8 Å². The third kappa shape index (κ3) is 3.56. The van der Waals surface area contributed by atoms with Gasteiger partial charge in [-0.2, -0.15) is 0 Å². The van der Waals surface area contributed by atoms with E-state index in [1.807, 2.05) is 6.07 Å². The van der Waals surface area contributed by atoms with Crippen molar-refractivity contribution in [1.82, 2.24) is 0 Å². The third-order valence-electron chi connectivity index (χ3n) is 3.04. The van der Waals surface area contributed by atoms with Gasteiger partial charge in [0.25, 0.3) is 5.69 Å². The van der Waals surface area contributed by atoms with E-state index in [2.05, 4.69) is 5.32 Å². The number of hydrogen-bond acceptors (Lipinski definition) is 4. The minimum absolute atomic E-state index is 0.0288. The molecular formula is C15H15N3O3. The number of amides is 1. The van der Waals surface area contributed by atoms with E-state index in [-0.39, 0.29) is 5.69 Å². The fourth-order valence-electron chi connectivity index (χ4n) is 1.97. The second-order valence-corrected chi connectivity index (χ2v) is 4.70. The number of carbonyl (C=O) groups excluding carboxylic acids is 1. The summed E-state index contributed by atoms with van der Waals surface area (Å²) in [4.78, 5) is 21.7. The fourth-order valence-corrected chi connectivity index (χ4v) is 1.97. The third-order valence-corrected chi connectivity index (χ3v) is 3.04.